The third-order valence-corrected chi connectivity index (χ3v) is 5.98. The van der Waals surface area contributed by atoms with Crippen molar-refractivity contribution in [3.63, 3.8) is 0 Å². The van der Waals surface area contributed by atoms with Crippen LogP contribution < -0.4 is 5.73 Å². The molecule has 2 nitrogen and oxygen atoms in total. The molecular weight excluding hydrogens is 220 g/mol. The number of nitrogens with zero attached hydrogens (tertiary/aromatic N) is 1. The lowest BCUT2D eigenvalue weighted by Gasteiger charge is -2.49. The molecule has 1 unspecified atom stereocenters. The second-order valence-electron chi connectivity index (χ2n) is 7.35. The van der Waals surface area contributed by atoms with Gasteiger partial charge < -0.3 is 5.73 Å². The smallest absolute Gasteiger partial charge is 0.0306 e. The number of likely N-dealkylation sites (tertiary alicyclic amines) is 1. The molecule has 1 heterocycles. The van der Waals surface area contributed by atoms with E-state index < -0.39 is 0 Å². The highest BCUT2D eigenvalue weighted by molar-refractivity contribution is 4.95. The Kier molecular flexibility index (Phi) is 4.38. The first-order chi connectivity index (χ1) is 8.51. The highest BCUT2D eigenvalue weighted by Gasteiger charge is 2.39. The number of hydrogen-bond acceptors (Lipinski definition) is 2. The van der Waals surface area contributed by atoms with Crippen LogP contribution in [0.4, 0.5) is 0 Å². The van der Waals surface area contributed by atoms with Crippen molar-refractivity contribution in [3.8, 4) is 0 Å². The minimum Gasteiger partial charge on any atom is -0.329 e. The molecule has 1 saturated heterocycles. The van der Waals surface area contributed by atoms with Gasteiger partial charge in [-0.1, -0.05) is 39.5 Å². The van der Waals surface area contributed by atoms with Gasteiger partial charge in [0.1, 0.15) is 0 Å². The van der Waals surface area contributed by atoms with Crippen molar-refractivity contribution < 1.29 is 0 Å². The van der Waals surface area contributed by atoms with Crippen molar-refractivity contribution >= 4 is 0 Å². The van der Waals surface area contributed by atoms with E-state index in [-0.39, 0.29) is 5.54 Å². The molecule has 0 aromatic heterocycles. The first-order valence-electron chi connectivity index (χ1n) is 7.96. The van der Waals surface area contributed by atoms with Crippen LogP contribution in [0.5, 0.6) is 0 Å². The second kappa shape index (κ2) is 5.50. The van der Waals surface area contributed by atoms with E-state index in [1.165, 1.54) is 58.0 Å². The van der Waals surface area contributed by atoms with E-state index in [9.17, 15) is 0 Å². The summed E-state index contributed by atoms with van der Waals surface area (Å²) in [5.74, 6) is 0.957. The minimum absolute atomic E-state index is 0.264. The Morgan fingerprint density at radius 2 is 1.89 bits per heavy atom. The van der Waals surface area contributed by atoms with Crippen molar-refractivity contribution in [1.82, 2.24) is 4.90 Å². The third kappa shape index (κ3) is 2.91. The zero-order valence-corrected chi connectivity index (χ0v) is 12.7. The molecular formula is C16H32N2. The number of nitrogens with two attached hydrogens (primary N) is 1. The molecule has 2 fully saturated rings. The lowest BCUT2D eigenvalue weighted by molar-refractivity contribution is 0.0133. The zero-order chi connectivity index (χ0) is 13.2. The van der Waals surface area contributed by atoms with Crippen molar-refractivity contribution in [2.24, 2.45) is 17.1 Å². The standard InChI is InChI=1S/C16H32N2/c1-4-15(2)8-10-18(11-9-15)16(3,13-17)12-14-6-5-7-14/h14H,4-13,17H2,1-3H3. The van der Waals surface area contributed by atoms with Gasteiger partial charge in [-0.05, 0) is 50.6 Å². The van der Waals surface area contributed by atoms with Gasteiger partial charge in [0.15, 0.2) is 0 Å². The Hall–Kier alpha value is -0.0800. The maximum atomic E-state index is 6.12. The Labute approximate surface area is 113 Å². The van der Waals surface area contributed by atoms with E-state index in [0.29, 0.717) is 5.41 Å². The van der Waals surface area contributed by atoms with Crippen molar-refractivity contribution in [2.75, 3.05) is 19.6 Å². The normalized spacial score (nSPS) is 28.7. The summed E-state index contributed by atoms with van der Waals surface area (Å²) >= 11 is 0. The maximum Gasteiger partial charge on any atom is 0.0306 e. The monoisotopic (exact) mass is 252 g/mol. The van der Waals surface area contributed by atoms with Crippen LogP contribution in [0.25, 0.3) is 0 Å². The zero-order valence-electron chi connectivity index (χ0n) is 12.7. The topological polar surface area (TPSA) is 29.3 Å². The summed E-state index contributed by atoms with van der Waals surface area (Å²) in [6.07, 6.45) is 9.67. The quantitative estimate of drug-likeness (QED) is 0.812. The lowest BCUT2D eigenvalue weighted by Crippen LogP contribution is -2.56. The van der Waals surface area contributed by atoms with Gasteiger partial charge in [-0.25, -0.2) is 0 Å². The van der Waals surface area contributed by atoms with Crippen LogP contribution in [0.2, 0.25) is 0 Å². The molecule has 0 aromatic carbocycles. The van der Waals surface area contributed by atoms with Crippen LogP contribution in [0.15, 0.2) is 0 Å². The molecule has 1 aliphatic carbocycles. The molecule has 2 rings (SSSR count). The summed E-state index contributed by atoms with van der Waals surface area (Å²) in [7, 11) is 0. The summed E-state index contributed by atoms with van der Waals surface area (Å²) < 4.78 is 0. The summed E-state index contributed by atoms with van der Waals surface area (Å²) in [4.78, 5) is 2.70. The SMILES string of the molecule is CCC1(C)CCN(C(C)(CN)CC2CCC2)CC1. The average molecular weight is 252 g/mol. The van der Waals surface area contributed by atoms with Crippen LogP contribution in [0, 0.1) is 11.3 Å². The van der Waals surface area contributed by atoms with Gasteiger partial charge in [-0.3, -0.25) is 4.90 Å². The molecule has 106 valence electrons. The van der Waals surface area contributed by atoms with Gasteiger partial charge in [0.2, 0.25) is 0 Å². The summed E-state index contributed by atoms with van der Waals surface area (Å²) in [5.41, 5.74) is 6.97. The largest absolute Gasteiger partial charge is 0.329 e. The second-order valence-corrected chi connectivity index (χ2v) is 7.35. The molecule has 1 aliphatic heterocycles. The minimum atomic E-state index is 0.264. The fraction of sp³-hybridized carbons (Fsp3) is 1.00. The third-order valence-electron chi connectivity index (χ3n) is 5.98. The number of rotatable bonds is 5. The van der Waals surface area contributed by atoms with Gasteiger partial charge >= 0.3 is 0 Å². The summed E-state index contributed by atoms with van der Waals surface area (Å²) in [6.45, 7) is 10.5. The maximum absolute atomic E-state index is 6.12. The molecule has 0 aromatic rings. The Morgan fingerprint density at radius 3 is 2.28 bits per heavy atom. The lowest BCUT2D eigenvalue weighted by atomic mass is 9.73. The van der Waals surface area contributed by atoms with Gasteiger partial charge in [0, 0.05) is 12.1 Å². The molecule has 18 heavy (non-hydrogen) atoms. The predicted molar refractivity (Wildman–Crippen MR) is 78.6 cm³/mol. The first-order valence-corrected chi connectivity index (χ1v) is 7.96. The summed E-state index contributed by atoms with van der Waals surface area (Å²) in [5, 5.41) is 0. The molecule has 2 aliphatic rings. The molecule has 2 heteroatoms. The fourth-order valence-electron chi connectivity index (χ4n) is 3.60. The van der Waals surface area contributed by atoms with E-state index >= 15 is 0 Å². The van der Waals surface area contributed by atoms with Crippen LogP contribution in [-0.2, 0) is 0 Å². The van der Waals surface area contributed by atoms with Crippen LogP contribution in [0.1, 0.15) is 65.7 Å². The van der Waals surface area contributed by atoms with E-state index in [2.05, 4.69) is 25.7 Å². The molecule has 0 bridgehead atoms. The number of piperidine rings is 1. The van der Waals surface area contributed by atoms with Crippen molar-refractivity contribution in [2.45, 2.75) is 71.3 Å². The Bertz CT molecular complexity index is 264. The van der Waals surface area contributed by atoms with Gasteiger partial charge in [0.05, 0.1) is 0 Å². The van der Waals surface area contributed by atoms with E-state index in [1.54, 1.807) is 0 Å². The fourth-order valence-corrected chi connectivity index (χ4v) is 3.60. The molecule has 0 amide bonds. The Morgan fingerprint density at radius 1 is 1.28 bits per heavy atom. The molecule has 2 N–H and O–H groups in total. The Balaban J connectivity index is 1.92. The van der Waals surface area contributed by atoms with E-state index in [4.69, 9.17) is 5.73 Å². The highest BCUT2D eigenvalue weighted by Crippen LogP contribution is 2.40. The van der Waals surface area contributed by atoms with Gasteiger partial charge in [0.25, 0.3) is 0 Å². The molecule has 0 spiro atoms. The van der Waals surface area contributed by atoms with Crippen molar-refractivity contribution in [1.29, 1.82) is 0 Å². The first kappa shape index (κ1) is 14.3. The van der Waals surface area contributed by atoms with Crippen molar-refractivity contribution in [3.05, 3.63) is 0 Å². The van der Waals surface area contributed by atoms with Gasteiger partial charge in [-0.2, -0.15) is 0 Å². The van der Waals surface area contributed by atoms with Crippen LogP contribution >= 0.6 is 0 Å². The molecule has 0 radical (unpaired) electrons. The summed E-state index contributed by atoms with van der Waals surface area (Å²) in [6, 6.07) is 0. The predicted octanol–water partition coefficient (Wildman–Crippen LogP) is 3.41. The molecule has 1 saturated carbocycles. The average Bonchev–Trinajstić information content (AvgIpc) is 2.34. The highest BCUT2D eigenvalue weighted by atomic mass is 15.2. The number of hydrogen-bond donors (Lipinski definition) is 1. The van der Waals surface area contributed by atoms with Gasteiger partial charge in [-0.15, -0.1) is 0 Å². The van der Waals surface area contributed by atoms with Crippen LogP contribution in [-0.4, -0.2) is 30.1 Å². The van der Waals surface area contributed by atoms with E-state index in [1.807, 2.05) is 0 Å². The van der Waals surface area contributed by atoms with E-state index in [0.717, 1.165) is 12.5 Å². The van der Waals surface area contributed by atoms with Crippen LogP contribution in [0.3, 0.4) is 0 Å². The molecule has 1 atom stereocenters.